The summed E-state index contributed by atoms with van der Waals surface area (Å²) in [4.78, 5) is 3.95. The molecule has 0 N–H and O–H groups in total. The molecule has 3 heteroatoms. The molecule has 0 aliphatic heterocycles. The molecule has 1 rings (SSSR count). The minimum atomic E-state index is 0.354. The highest BCUT2D eigenvalue weighted by Crippen LogP contribution is 2.03. The van der Waals surface area contributed by atoms with Crippen molar-refractivity contribution in [2.75, 3.05) is 0 Å². The summed E-state index contributed by atoms with van der Waals surface area (Å²) in [5.41, 5.74) is 0. The minimum Gasteiger partial charge on any atom is -0.237 e. The van der Waals surface area contributed by atoms with Crippen LogP contribution in [0.1, 0.15) is 25.6 Å². The maximum atomic E-state index is 3.95. The van der Waals surface area contributed by atoms with Crippen LogP contribution >= 0.6 is 0 Å². The van der Waals surface area contributed by atoms with Crippen molar-refractivity contribution in [2.45, 2.75) is 19.8 Å². The molecule has 1 aromatic heterocycles. The topological polar surface area (TPSA) is 38.7 Å². The molecule has 9 heavy (non-hydrogen) atoms. The second-order valence-electron chi connectivity index (χ2n) is 2.10. The van der Waals surface area contributed by atoms with E-state index in [9.17, 15) is 0 Å². The van der Waals surface area contributed by atoms with E-state index in [2.05, 4.69) is 21.4 Å². The van der Waals surface area contributed by atoms with E-state index in [1.165, 1.54) is 6.20 Å². The monoisotopic (exact) mass is 122 g/mol. The third kappa shape index (κ3) is 1.45. The number of hydrogen-bond acceptors (Lipinski definition) is 3. The first kappa shape index (κ1) is 6.13. The molecule has 1 radical (unpaired) electrons. The van der Waals surface area contributed by atoms with Crippen LogP contribution in [-0.4, -0.2) is 15.2 Å². The van der Waals surface area contributed by atoms with E-state index >= 15 is 0 Å². The van der Waals surface area contributed by atoms with Crippen molar-refractivity contribution in [1.29, 1.82) is 0 Å². The van der Waals surface area contributed by atoms with Gasteiger partial charge in [0.1, 0.15) is 6.20 Å². The lowest BCUT2D eigenvalue weighted by Crippen LogP contribution is -1.97. The third-order valence-corrected chi connectivity index (χ3v) is 0.981. The van der Waals surface area contributed by atoms with Crippen molar-refractivity contribution in [1.82, 2.24) is 15.2 Å². The van der Waals surface area contributed by atoms with Crippen molar-refractivity contribution < 1.29 is 0 Å². The number of hydrogen-bond donors (Lipinski definition) is 0. The Hall–Kier alpha value is -0.990. The van der Waals surface area contributed by atoms with Gasteiger partial charge in [0.2, 0.25) is 0 Å². The molecule has 47 valence electrons. The average Bonchev–Trinajstić information content (AvgIpc) is 1.90. The quantitative estimate of drug-likeness (QED) is 0.553. The van der Waals surface area contributed by atoms with Crippen LogP contribution in [0.15, 0.2) is 6.20 Å². The van der Waals surface area contributed by atoms with Gasteiger partial charge in [-0.25, -0.2) is 4.98 Å². The van der Waals surface area contributed by atoms with E-state index in [0.717, 1.165) is 5.82 Å². The van der Waals surface area contributed by atoms with Crippen molar-refractivity contribution in [3.05, 3.63) is 18.2 Å². The summed E-state index contributed by atoms with van der Waals surface area (Å²) in [7, 11) is 0. The van der Waals surface area contributed by atoms with E-state index in [4.69, 9.17) is 0 Å². The zero-order valence-electron chi connectivity index (χ0n) is 5.50. The second kappa shape index (κ2) is 2.53. The van der Waals surface area contributed by atoms with Crippen LogP contribution in [0.3, 0.4) is 0 Å². The van der Waals surface area contributed by atoms with Crippen LogP contribution in [0.25, 0.3) is 0 Å². The lowest BCUT2D eigenvalue weighted by atomic mass is 10.2. The summed E-state index contributed by atoms with van der Waals surface area (Å²) in [6, 6.07) is 0. The van der Waals surface area contributed by atoms with E-state index in [-0.39, 0.29) is 0 Å². The molecule has 0 aliphatic carbocycles. The SMILES string of the molecule is CC(C)c1nc[c]nn1. The van der Waals surface area contributed by atoms with Crippen molar-refractivity contribution in [3.63, 3.8) is 0 Å². The van der Waals surface area contributed by atoms with Gasteiger partial charge in [0.05, 0.1) is 6.20 Å². The van der Waals surface area contributed by atoms with Gasteiger partial charge in [-0.1, -0.05) is 13.8 Å². The van der Waals surface area contributed by atoms with Gasteiger partial charge in [-0.2, -0.15) is 0 Å². The molecule has 0 fully saturated rings. The maximum absolute atomic E-state index is 3.95. The Morgan fingerprint density at radius 1 is 1.56 bits per heavy atom. The molecule has 0 aromatic carbocycles. The summed E-state index contributed by atoms with van der Waals surface area (Å²) in [5, 5.41) is 7.33. The van der Waals surface area contributed by atoms with Crippen molar-refractivity contribution >= 4 is 0 Å². The molecule has 0 saturated heterocycles. The maximum Gasteiger partial charge on any atom is 0.153 e. The molecule has 0 atom stereocenters. The van der Waals surface area contributed by atoms with Gasteiger partial charge < -0.3 is 0 Å². The standard InChI is InChI=1S/C6H8N3/c1-5(2)6-7-3-4-8-9-6/h3,5H,1-2H3. The fraction of sp³-hybridized carbons (Fsp3) is 0.500. The molecular weight excluding hydrogens is 114 g/mol. The molecule has 0 spiro atoms. The molecule has 0 saturated carbocycles. The van der Waals surface area contributed by atoms with Crippen LogP contribution < -0.4 is 0 Å². The Morgan fingerprint density at radius 3 is 2.67 bits per heavy atom. The first-order chi connectivity index (χ1) is 4.30. The molecule has 3 nitrogen and oxygen atoms in total. The number of rotatable bonds is 1. The van der Waals surface area contributed by atoms with Gasteiger partial charge in [0, 0.05) is 5.92 Å². The molecule has 0 unspecified atom stereocenters. The van der Waals surface area contributed by atoms with Gasteiger partial charge in [-0.15, -0.1) is 10.2 Å². The lowest BCUT2D eigenvalue weighted by molar-refractivity contribution is 0.733. The van der Waals surface area contributed by atoms with E-state index in [1.807, 2.05) is 13.8 Å². The third-order valence-electron chi connectivity index (χ3n) is 0.981. The molecule has 1 aromatic rings. The minimum absolute atomic E-state index is 0.354. The van der Waals surface area contributed by atoms with Crippen molar-refractivity contribution in [2.24, 2.45) is 0 Å². The second-order valence-corrected chi connectivity index (χ2v) is 2.10. The van der Waals surface area contributed by atoms with Gasteiger partial charge >= 0.3 is 0 Å². The van der Waals surface area contributed by atoms with Gasteiger partial charge in [0.25, 0.3) is 0 Å². The Morgan fingerprint density at radius 2 is 2.33 bits per heavy atom. The Kier molecular flexibility index (Phi) is 1.72. The Balaban J connectivity index is 2.85. The summed E-state index contributed by atoms with van der Waals surface area (Å²) in [5.74, 6) is 1.13. The zero-order chi connectivity index (χ0) is 6.69. The Bertz CT molecular complexity index is 171. The smallest absolute Gasteiger partial charge is 0.153 e. The fourth-order valence-corrected chi connectivity index (χ4v) is 0.491. The summed E-state index contributed by atoms with van der Waals surface area (Å²) < 4.78 is 0. The highest BCUT2D eigenvalue weighted by molar-refractivity contribution is 4.86. The largest absolute Gasteiger partial charge is 0.237 e. The van der Waals surface area contributed by atoms with Crippen LogP contribution in [0, 0.1) is 6.20 Å². The van der Waals surface area contributed by atoms with Gasteiger partial charge in [-0.05, 0) is 0 Å². The first-order valence-corrected chi connectivity index (χ1v) is 2.86. The average molecular weight is 122 g/mol. The predicted octanol–water partition coefficient (Wildman–Crippen LogP) is 0.795. The highest BCUT2D eigenvalue weighted by atomic mass is 15.1. The summed E-state index contributed by atoms with van der Waals surface area (Å²) in [6.45, 7) is 4.05. The normalized spacial score (nSPS) is 10.1. The van der Waals surface area contributed by atoms with Crippen molar-refractivity contribution in [3.8, 4) is 0 Å². The fourth-order valence-electron chi connectivity index (χ4n) is 0.491. The molecule has 1 heterocycles. The van der Waals surface area contributed by atoms with Gasteiger partial charge in [0.15, 0.2) is 5.82 Å². The summed E-state index contributed by atoms with van der Waals surface area (Å²) >= 11 is 0. The van der Waals surface area contributed by atoms with E-state index in [1.54, 1.807) is 0 Å². The highest BCUT2D eigenvalue weighted by Gasteiger charge is 1.98. The zero-order valence-corrected chi connectivity index (χ0v) is 5.50. The van der Waals surface area contributed by atoms with Crippen LogP contribution in [-0.2, 0) is 0 Å². The molecule has 0 bridgehead atoms. The molecular formula is C6H8N3. The first-order valence-electron chi connectivity index (χ1n) is 2.86. The van der Waals surface area contributed by atoms with Crippen LogP contribution in [0.2, 0.25) is 0 Å². The van der Waals surface area contributed by atoms with Crippen LogP contribution in [0.4, 0.5) is 0 Å². The predicted molar refractivity (Wildman–Crippen MR) is 32.8 cm³/mol. The number of nitrogens with zero attached hydrogens (tertiary/aromatic N) is 3. The lowest BCUT2D eigenvalue weighted by Gasteiger charge is -1.97. The van der Waals surface area contributed by atoms with E-state index in [0.29, 0.717) is 5.92 Å². The van der Waals surface area contributed by atoms with Crippen LogP contribution in [0.5, 0.6) is 0 Å². The number of aromatic nitrogens is 3. The summed E-state index contributed by atoms with van der Waals surface area (Å²) in [6.07, 6.45) is 4.05. The molecule has 0 amide bonds. The van der Waals surface area contributed by atoms with E-state index < -0.39 is 0 Å². The van der Waals surface area contributed by atoms with Gasteiger partial charge in [-0.3, -0.25) is 0 Å². The Labute approximate surface area is 54.2 Å². The molecule has 0 aliphatic rings.